The van der Waals surface area contributed by atoms with Crippen molar-refractivity contribution in [1.29, 1.82) is 0 Å². The highest BCUT2D eigenvalue weighted by molar-refractivity contribution is 4.66. The van der Waals surface area contributed by atoms with Gasteiger partial charge >= 0.3 is 0 Å². The summed E-state index contributed by atoms with van der Waals surface area (Å²) < 4.78 is 5.55. The molecule has 0 radical (unpaired) electrons. The van der Waals surface area contributed by atoms with Crippen molar-refractivity contribution in [3.05, 3.63) is 0 Å². The molecular formula is C11H24N2O. The molecule has 0 aliphatic carbocycles. The van der Waals surface area contributed by atoms with Gasteiger partial charge in [0.2, 0.25) is 0 Å². The molecule has 1 fully saturated rings. The van der Waals surface area contributed by atoms with E-state index in [-0.39, 0.29) is 0 Å². The van der Waals surface area contributed by atoms with Crippen LogP contribution in [-0.2, 0) is 4.74 Å². The Bertz CT molecular complexity index is 135. The maximum Gasteiger partial charge on any atom is 0.0588 e. The molecule has 0 aromatic carbocycles. The standard InChI is InChI=1S/C11H24N2O/c1-3-13(2)9-8-12-7-6-11-5-4-10-14-11/h11-12H,3-10H2,1-2H3. The first-order chi connectivity index (χ1) is 6.83. The van der Waals surface area contributed by atoms with E-state index in [0.29, 0.717) is 6.10 Å². The van der Waals surface area contributed by atoms with E-state index in [1.54, 1.807) is 0 Å². The number of rotatable bonds is 7. The molecule has 0 amide bonds. The van der Waals surface area contributed by atoms with Crippen molar-refractivity contribution in [3.8, 4) is 0 Å². The molecule has 1 N–H and O–H groups in total. The largest absolute Gasteiger partial charge is 0.378 e. The SMILES string of the molecule is CCN(C)CCNCCC1CCCO1. The van der Waals surface area contributed by atoms with Crippen LogP contribution < -0.4 is 5.32 Å². The quantitative estimate of drug-likeness (QED) is 0.623. The van der Waals surface area contributed by atoms with E-state index in [1.807, 2.05) is 0 Å². The molecule has 14 heavy (non-hydrogen) atoms. The van der Waals surface area contributed by atoms with Crippen molar-refractivity contribution < 1.29 is 4.74 Å². The average molecular weight is 200 g/mol. The van der Waals surface area contributed by atoms with Crippen LogP contribution in [0.1, 0.15) is 26.2 Å². The third-order valence-electron chi connectivity index (χ3n) is 2.88. The zero-order valence-corrected chi connectivity index (χ0v) is 9.59. The summed E-state index contributed by atoms with van der Waals surface area (Å²) in [6, 6.07) is 0. The van der Waals surface area contributed by atoms with Gasteiger partial charge in [0.1, 0.15) is 0 Å². The first-order valence-electron chi connectivity index (χ1n) is 5.83. The number of nitrogens with zero attached hydrogens (tertiary/aromatic N) is 1. The monoisotopic (exact) mass is 200 g/mol. The molecule has 3 nitrogen and oxygen atoms in total. The number of ether oxygens (including phenoxy) is 1. The second-order valence-corrected chi connectivity index (χ2v) is 4.07. The van der Waals surface area contributed by atoms with E-state index in [0.717, 1.165) is 32.8 Å². The Kier molecular flexibility index (Phi) is 6.15. The second kappa shape index (κ2) is 7.21. The van der Waals surface area contributed by atoms with E-state index >= 15 is 0 Å². The second-order valence-electron chi connectivity index (χ2n) is 4.07. The Morgan fingerprint density at radius 1 is 1.43 bits per heavy atom. The molecular weight excluding hydrogens is 176 g/mol. The topological polar surface area (TPSA) is 24.5 Å². The smallest absolute Gasteiger partial charge is 0.0588 e. The molecule has 0 spiro atoms. The highest BCUT2D eigenvalue weighted by Gasteiger charge is 2.14. The zero-order valence-electron chi connectivity index (χ0n) is 9.59. The summed E-state index contributed by atoms with van der Waals surface area (Å²) in [5.41, 5.74) is 0. The molecule has 1 atom stereocenters. The Labute approximate surface area is 87.8 Å². The summed E-state index contributed by atoms with van der Waals surface area (Å²) in [5.74, 6) is 0. The normalized spacial score (nSPS) is 22.1. The molecule has 3 heteroatoms. The molecule has 1 rings (SSSR count). The Morgan fingerprint density at radius 3 is 2.93 bits per heavy atom. The minimum atomic E-state index is 0.534. The fraction of sp³-hybridized carbons (Fsp3) is 1.00. The molecule has 1 saturated heterocycles. The average Bonchev–Trinajstić information content (AvgIpc) is 2.69. The summed E-state index contributed by atoms with van der Waals surface area (Å²) in [6.45, 7) is 7.63. The predicted octanol–water partition coefficient (Wildman–Crippen LogP) is 1.10. The van der Waals surface area contributed by atoms with Gasteiger partial charge in [-0.15, -0.1) is 0 Å². The van der Waals surface area contributed by atoms with Crippen LogP contribution in [0.2, 0.25) is 0 Å². The van der Waals surface area contributed by atoms with Crippen molar-refractivity contribution in [3.63, 3.8) is 0 Å². The summed E-state index contributed by atoms with van der Waals surface area (Å²) in [7, 11) is 2.15. The Balaban J connectivity index is 1.84. The van der Waals surface area contributed by atoms with Gasteiger partial charge in [-0.1, -0.05) is 6.92 Å². The maximum atomic E-state index is 5.55. The lowest BCUT2D eigenvalue weighted by molar-refractivity contribution is 0.104. The van der Waals surface area contributed by atoms with Gasteiger partial charge < -0.3 is 15.0 Å². The van der Waals surface area contributed by atoms with Crippen LogP contribution in [0.3, 0.4) is 0 Å². The highest BCUT2D eigenvalue weighted by Crippen LogP contribution is 2.14. The third kappa shape index (κ3) is 4.94. The van der Waals surface area contributed by atoms with E-state index < -0.39 is 0 Å². The molecule has 0 bridgehead atoms. The zero-order chi connectivity index (χ0) is 10.2. The summed E-state index contributed by atoms with van der Waals surface area (Å²) in [4.78, 5) is 2.32. The van der Waals surface area contributed by atoms with Crippen molar-refractivity contribution in [2.75, 3.05) is 39.8 Å². The van der Waals surface area contributed by atoms with Gasteiger partial charge in [0.15, 0.2) is 0 Å². The van der Waals surface area contributed by atoms with Crippen LogP contribution in [0, 0.1) is 0 Å². The lowest BCUT2D eigenvalue weighted by atomic mass is 10.2. The van der Waals surface area contributed by atoms with Crippen LogP contribution in [0.4, 0.5) is 0 Å². The highest BCUT2D eigenvalue weighted by atomic mass is 16.5. The van der Waals surface area contributed by atoms with Gasteiger partial charge in [-0.2, -0.15) is 0 Å². The van der Waals surface area contributed by atoms with E-state index in [9.17, 15) is 0 Å². The summed E-state index contributed by atoms with van der Waals surface area (Å²) in [5, 5.41) is 3.46. The van der Waals surface area contributed by atoms with E-state index in [1.165, 1.54) is 19.3 Å². The van der Waals surface area contributed by atoms with E-state index in [2.05, 4.69) is 24.2 Å². The van der Waals surface area contributed by atoms with Gasteiger partial charge in [-0.05, 0) is 39.4 Å². The molecule has 1 heterocycles. The van der Waals surface area contributed by atoms with Gasteiger partial charge in [0.25, 0.3) is 0 Å². The molecule has 1 unspecified atom stereocenters. The van der Waals surface area contributed by atoms with Crippen molar-refractivity contribution in [1.82, 2.24) is 10.2 Å². The summed E-state index contributed by atoms with van der Waals surface area (Å²) in [6.07, 6.45) is 4.22. The first kappa shape index (κ1) is 12.0. The lowest BCUT2D eigenvalue weighted by Crippen LogP contribution is -2.30. The van der Waals surface area contributed by atoms with Crippen LogP contribution >= 0.6 is 0 Å². The number of hydrogen-bond donors (Lipinski definition) is 1. The molecule has 0 saturated carbocycles. The molecule has 0 aromatic rings. The van der Waals surface area contributed by atoms with Crippen LogP contribution in [-0.4, -0.2) is 50.8 Å². The van der Waals surface area contributed by atoms with E-state index in [4.69, 9.17) is 4.74 Å². The van der Waals surface area contributed by atoms with Gasteiger partial charge in [0, 0.05) is 19.7 Å². The maximum absolute atomic E-state index is 5.55. The molecule has 0 aromatic heterocycles. The van der Waals surface area contributed by atoms with Crippen molar-refractivity contribution in [2.45, 2.75) is 32.3 Å². The number of nitrogens with one attached hydrogen (secondary N) is 1. The first-order valence-corrected chi connectivity index (χ1v) is 5.83. The Morgan fingerprint density at radius 2 is 2.29 bits per heavy atom. The molecule has 1 aliphatic rings. The van der Waals surface area contributed by atoms with Crippen molar-refractivity contribution in [2.24, 2.45) is 0 Å². The lowest BCUT2D eigenvalue weighted by Gasteiger charge is -2.14. The predicted molar refractivity (Wildman–Crippen MR) is 59.6 cm³/mol. The number of hydrogen-bond acceptors (Lipinski definition) is 3. The van der Waals surface area contributed by atoms with Gasteiger partial charge in [-0.3, -0.25) is 0 Å². The van der Waals surface area contributed by atoms with Crippen molar-refractivity contribution >= 4 is 0 Å². The van der Waals surface area contributed by atoms with Crippen LogP contribution in [0.15, 0.2) is 0 Å². The van der Waals surface area contributed by atoms with Gasteiger partial charge in [-0.25, -0.2) is 0 Å². The van der Waals surface area contributed by atoms with Crippen LogP contribution in [0.25, 0.3) is 0 Å². The summed E-state index contributed by atoms with van der Waals surface area (Å²) >= 11 is 0. The fourth-order valence-corrected chi connectivity index (χ4v) is 1.69. The fourth-order valence-electron chi connectivity index (χ4n) is 1.69. The minimum absolute atomic E-state index is 0.534. The minimum Gasteiger partial charge on any atom is -0.378 e. The molecule has 1 aliphatic heterocycles. The van der Waals surface area contributed by atoms with Crippen LogP contribution in [0.5, 0.6) is 0 Å². The molecule has 84 valence electrons. The third-order valence-corrected chi connectivity index (χ3v) is 2.88. The number of likely N-dealkylation sites (N-methyl/N-ethyl adjacent to an activating group) is 1. The van der Waals surface area contributed by atoms with Gasteiger partial charge in [0.05, 0.1) is 6.10 Å². The Hall–Kier alpha value is -0.120.